The van der Waals surface area contributed by atoms with Crippen molar-refractivity contribution in [1.82, 2.24) is 25.4 Å². The molecule has 140 valence electrons. The number of nitrogens with one attached hydrogen (secondary N) is 2. The van der Waals surface area contributed by atoms with Crippen LogP contribution in [0.15, 0.2) is 27.7 Å². The van der Waals surface area contributed by atoms with Crippen molar-refractivity contribution in [2.45, 2.75) is 45.2 Å². The molecular formula is C18H24BrClN6. The van der Waals surface area contributed by atoms with E-state index >= 15 is 0 Å². The van der Waals surface area contributed by atoms with Gasteiger partial charge in [0.1, 0.15) is 5.82 Å². The smallest absolute Gasteiger partial charge is 0.191 e. The van der Waals surface area contributed by atoms with Crippen LogP contribution in [0, 0.1) is 0 Å². The maximum absolute atomic E-state index is 6.08. The number of aliphatic imine (C=N–C) groups is 1. The van der Waals surface area contributed by atoms with E-state index in [1.165, 1.54) is 5.56 Å². The molecule has 1 aliphatic heterocycles. The number of halogens is 2. The lowest BCUT2D eigenvalue weighted by Gasteiger charge is -2.25. The summed E-state index contributed by atoms with van der Waals surface area (Å²) in [6.07, 6.45) is 3.71. The van der Waals surface area contributed by atoms with E-state index in [9.17, 15) is 0 Å². The van der Waals surface area contributed by atoms with E-state index in [0.29, 0.717) is 6.04 Å². The molecule has 1 atom stereocenters. The lowest BCUT2D eigenvalue weighted by atomic mass is 10.1. The minimum Gasteiger partial charge on any atom is -0.356 e. The van der Waals surface area contributed by atoms with Crippen LogP contribution in [-0.4, -0.2) is 40.4 Å². The highest BCUT2D eigenvalue weighted by atomic mass is 79.9. The minimum atomic E-state index is 0.304. The van der Waals surface area contributed by atoms with Crippen molar-refractivity contribution in [3.05, 3.63) is 44.9 Å². The topological polar surface area (TPSA) is 67.1 Å². The summed E-state index contributed by atoms with van der Waals surface area (Å²) in [5.74, 6) is 2.83. The molecule has 26 heavy (non-hydrogen) atoms. The molecule has 1 aromatic carbocycles. The number of benzene rings is 1. The fraction of sp³-hybridized carbons (Fsp3) is 0.500. The van der Waals surface area contributed by atoms with Gasteiger partial charge in [0.25, 0.3) is 0 Å². The lowest BCUT2D eigenvalue weighted by molar-refractivity contribution is 0.392. The second kappa shape index (κ2) is 8.86. The Balaban J connectivity index is 1.51. The van der Waals surface area contributed by atoms with Crippen LogP contribution in [0.25, 0.3) is 0 Å². The van der Waals surface area contributed by atoms with Crippen molar-refractivity contribution < 1.29 is 0 Å². The quantitative estimate of drug-likeness (QED) is 0.555. The summed E-state index contributed by atoms with van der Waals surface area (Å²) in [7, 11) is 1.80. The van der Waals surface area contributed by atoms with Crippen LogP contribution in [-0.2, 0) is 25.8 Å². The third-order valence-corrected chi connectivity index (χ3v) is 5.49. The fourth-order valence-electron chi connectivity index (χ4n) is 3.07. The van der Waals surface area contributed by atoms with Crippen LogP contribution in [0.3, 0.4) is 0 Å². The van der Waals surface area contributed by atoms with E-state index in [-0.39, 0.29) is 0 Å². The van der Waals surface area contributed by atoms with Crippen LogP contribution in [0.5, 0.6) is 0 Å². The highest BCUT2D eigenvalue weighted by Gasteiger charge is 2.22. The van der Waals surface area contributed by atoms with Crippen LogP contribution >= 0.6 is 27.5 Å². The molecule has 1 aromatic heterocycles. The van der Waals surface area contributed by atoms with Gasteiger partial charge in [-0.05, 0) is 36.6 Å². The number of fused-ring (bicyclic) bond motifs is 1. The summed E-state index contributed by atoms with van der Waals surface area (Å²) in [6, 6.07) is 6.15. The largest absolute Gasteiger partial charge is 0.356 e. The van der Waals surface area contributed by atoms with Crippen LogP contribution in [0.4, 0.5) is 0 Å². The van der Waals surface area contributed by atoms with Gasteiger partial charge in [-0.3, -0.25) is 4.99 Å². The Morgan fingerprint density at radius 1 is 1.46 bits per heavy atom. The van der Waals surface area contributed by atoms with Gasteiger partial charge in [0.05, 0.1) is 6.54 Å². The van der Waals surface area contributed by atoms with E-state index in [2.05, 4.69) is 48.6 Å². The molecule has 1 unspecified atom stereocenters. The monoisotopic (exact) mass is 438 g/mol. The molecule has 0 saturated carbocycles. The Morgan fingerprint density at radius 2 is 2.31 bits per heavy atom. The van der Waals surface area contributed by atoms with Crippen molar-refractivity contribution in [2.24, 2.45) is 4.99 Å². The SMILES string of the molecule is CCc1nc2n(n1)CC(NC(=NC)NCCc1cc(Cl)ccc1Br)CC2. The lowest BCUT2D eigenvalue weighted by Crippen LogP contribution is -2.47. The summed E-state index contributed by atoms with van der Waals surface area (Å²) < 4.78 is 3.10. The van der Waals surface area contributed by atoms with Gasteiger partial charge < -0.3 is 10.6 Å². The van der Waals surface area contributed by atoms with Gasteiger partial charge in [0, 0.05) is 42.0 Å². The molecule has 0 bridgehead atoms. The minimum absolute atomic E-state index is 0.304. The molecule has 0 aliphatic carbocycles. The second-order valence-corrected chi connectivity index (χ2v) is 7.64. The number of nitrogens with zero attached hydrogens (tertiary/aromatic N) is 4. The summed E-state index contributed by atoms with van der Waals surface area (Å²) in [5.41, 5.74) is 1.18. The molecule has 2 heterocycles. The van der Waals surface area contributed by atoms with Crippen LogP contribution in [0.1, 0.15) is 30.6 Å². The zero-order chi connectivity index (χ0) is 18.5. The second-order valence-electron chi connectivity index (χ2n) is 6.34. The summed E-state index contributed by atoms with van der Waals surface area (Å²) in [4.78, 5) is 8.91. The highest BCUT2D eigenvalue weighted by molar-refractivity contribution is 9.10. The molecule has 6 nitrogen and oxygen atoms in total. The maximum atomic E-state index is 6.08. The van der Waals surface area contributed by atoms with Gasteiger partial charge in [-0.25, -0.2) is 9.67 Å². The first-order chi connectivity index (χ1) is 12.6. The average Bonchev–Trinajstić information content (AvgIpc) is 3.06. The predicted octanol–water partition coefficient (Wildman–Crippen LogP) is 2.98. The summed E-state index contributed by atoms with van der Waals surface area (Å²) in [5, 5.41) is 12.2. The molecule has 0 fully saturated rings. The molecule has 0 radical (unpaired) electrons. The van der Waals surface area contributed by atoms with Gasteiger partial charge in [-0.15, -0.1) is 0 Å². The van der Waals surface area contributed by atoms with Crippen molar-refractivity contribution in [1.29, 1.82) is 0 Å². The first-order valence-electron chi connectivity index (χ1n) is 8.92. The van der Waals surface area contributed by atoms with Gasteiger partial charge in [-0.2, -0.15) is 5.10 Å². The Hall–Kier alpha value is -1.60. The van der Waals surface area contributed by atoms with E-state index < -0.39 is 0 Å². The average molecular weight is 440 g/mol. The third kappa shape index (κ3) is 4.76. The molecular weight excluding hydrogens is 416 g/mol. The fourth-order valence-corrected chi connectivity index (χ4v) is 3.71. The van der Waals surface area contributed by atoms with Crippen molar-refractivity contribution >= 4 is 33.5 Å². The molecule has 0 saturated heterocycles. The predicted molar refractivity (Wildman–Crippen MR) is 109 cm³/mol. The normalized spacial score (nSPS) is 17.1. The van der Waals surface area contributed by atoms with E-state index in [4.69, 9.17) is 11.6 Å². The number of rotatable bonds is 5. The van der Waals surface area contributed by atoms with E-state index in [0.717, 1.165) is 65.9 Å². The summed E-state index contributed by atoms with van der Waals surface area (Å²) in [6.45, 7) is 3.68. The molecule has 0 spiro atoms. The Labute approximate surface area is 167 Å². The molecule has 8 heteroatoms. The van der Waals surface area contributed by atoms with Crippen molar-refractivity contribution in [3.8, 4) is 0 Å². The number of hydrogen-bond donors (Lipinski definition) is 2. The van der Waals surface area contributed by atoms with Gasteiger partial charge in [0.2, 0.25) is 0 Å². The summed E-state index contributed by atoms with van der Waals surface area (Å²) >= 11 is 9.65. The van der Waals surface area contributed by atoms with E-state index in [1.807, 2.05) is 22.9 Å². The molecule has 2 N–H and O–H groups in total. The van der Waals surface area contributed by atoms with Crippen LogP contribution in [0.2, 0.25) is 5.02 Å². The van der Waals surface area contributed by atoms with Crippen LogP contribution < -0.4 is 10.6 Å². The zero-order valence-electron chi connectivity index (χ0n) is 15.1. The number of guanidine groups is 1. The Bertz CT molecular complexity index is 788. The maximum Gasteiger partial charge on any atom is 0.191 e. The van der Waals surface area contributed by atoms with Gasteiger partial charge >= 0.3 is 0 Å². The standard InChI is InChI=1S/C18H24BrClN6/c1-3-16-24-17-7-5-14(11-26(17)25-16)23-18(21-2)22-9-8-12-10-13(20)4-6-15(12)19/h4,6,10,14H,3,5,7-9,11H2,1-2H3,(H2,21,22,23). The number of hydrogen-bond acceptors (Lipinski definition) is 3. The zero-order valence-corrected chi connectivity index (χ0v) is 17.4. The van der Waals surface area contributed by atoms with Gasteiger partial charge in [0.15, 0.2) is 11.8 Å². The molecule has 2 aromatic rings. The first kappa shape index (κ1) is 19.2. The van der Waals surface area contributed by atoms with E-state index in [1.54, 1.807) is 7.05 Å². The first-order valence-corrected chi connectivity index (χ1v) is 10.1. The molecule has 3 rings (SSSR count). The third-order valence-electron chi connectivity index (χ3n) is 4.48. The number of aromatic nitrogens is 3. The number of aryl methyl sites for hydroxylation is 2. The molecule has 0 amide bonds. The Morgan fingerprint density at radius 3 is 3.08 bits per heavy atom. The van der Waals surface area contributed by atoms with Gasteiger partial charge in [-0.1, -0.05) is 34.5 Å². The van der Waals surface area contributed by atoms with Crippen molar-refractivity contribution in [2.75, 3.05) is 13.6 Å². The molecule has 1 aliphatic rings. The Kier molecular flexibility index (Phi) is 6.53. The van der Waals surface area contributed by atoms with Crippen molar-refractivity contribution in [3.63, 3.8) is 0 Å². The highest BCUT2D eigenvalue weighted by Crippen LogP contribution is 2.21.